The summed E-state index contributed by atoms with van der Waals surface area (Å²) in [7, 11) is 0. The van der Waals surface area contributed by atoms with Gasteiger partial charge in [0.05, 0.1) is 18.4 Å². The molecule has 3 nitrogen and oxygen atoms in total. The Labute approximate surface area is 175 Å². The summed E-state index contributed by atoms with van der Waals surface area (Å²) in [6.07, 6.45) is -22.9. The van der Waals surface area contributed by atoms with Gasteiger partial charge in [0.15, 0.2) is 0 Å². The second-order valence-corrected chi connectivity index (χ2v) is 7.17. The van der Waals surface area contributed by atoms with Gasteiger partial charge in [0.2, 0.25) is 0 Å². The van der Waals surface area contributed by atoms with Gasteiger partial charge in [0.25, 0.3) is 0 Å². The van der Waals surface area contributed by atoms with Crippen LogP contribution < -0.4 is 0 Å². The number of esters is 1. The van der Waals surface area contributed by atoms with Crippen molar-refractivity contribution in [3.8, 4) is 0 Å². The normalized spacial score (nSPS) is 15.6. The lowest BCUT2D eigenvalue weighted by Crippen LogP contribution is -2.70. The van der Waals surface area contributed by atoms with Crippen LogP contribution in [0.4, 0.5) is 65.9 Å². The van der Waals surface area contributed by atoms with Crippen LogP contribution in [-0.4, -0.2) is 54.7 Å². The summed E-state index contributed by atoms with van der Waals surface area (Å²) in [5.41, 5.74) is -1.30. The van der Waals surface area contributed by atoms with Crippen LogP contribution in [0.5, 0.6) is 0 Å². The van der Waals surface area contributed by atoms with Crippen molar-refractivity contribution in [2.24, 2.45) is 5.41 Å². The second-order valence-electron chi connectivity index (χ2n) is 7.17. The third-order valence-corrected chi connectivity index (χ3v) is 4.24. The molecular formula is C15H15F15O3. The number of alkyl halides is 15. The summed E-state index contributed by atoms with van der Waals surface area (Å²) in [4.78, 5) is 11.5. The lowest BCUT2D eigenvalue weighted by Gasteiger charge is -2.39. The van der Waals surface area contributed by atoms with Crippen LogP contribution in [-0.2, 0) is 14.3 Å². The van der Waals surface area contributed by atoms with Crippen molar-refractivity contribution >= 4 is 5.97 Å². The summed E-state index contributed by atoms with van der Waals surface area (Å²) < 4.78 is 200. The minimum atomic E-state index is -8.27. The highest BCUT2D eigenvalue weighted by atomic mass is 19.4. The van der Waals surface area contributed by atoms with E-state index >= 15 is 0 Å². The monoisotopic (exact) mass is 528 g/mol. The van der Waals surface area contributed by atoms with Crippen molar-refractivity contribution in [3.63, 3.8) is 0 Å². The Morgan fingerprint density at radius 2 is 1.06 bits per heavy atom. The molecule has 0 unspecified atom stereocenters. The summed E-state index contributed by atoms with van der Waals surface area (Å²) in [6, 6.07) is 0. The number of hydrogen-bond donors (Lipinski definition) is 0. The second kappa shape index (κ2) is 8.87. The van der Waals surface area contributed by atoms with Crippen LogP contribution in [0, 0.1) is 5.41 Å². The first-order valence-electron chi connectivity index (χ1n) is 8.35. The quantitative estimate of drug-likeness (QED) is 0.222. The molecule has 0 aliphatic carbocycles. The van der Waals surface area contributed by atoms with Crippen molar-refractivity contribution in [3.05, 3.63) is 0 Å². The first-order chi connectivity index (χ1) is 14.1. The maximum Gasteiger partial charge on any atom is 0.460 e. The van der Waals surface area contributed by atoms with E-state index in [9.17, 15) is 70.7 Å². The lowest BCUT2D eigenvalue weighted by atomic mass is 9.91. The van der Waals surface area contributed by atoms with Crippen LogP contribution in [0.2, 0.25) is 0 Å². The van der Waals surface area contributed by atoms with E-state index in [4.69, 9.17) is 0 Å². The predicted molar refractivity (Wildman–Crippen MR) is 76.5 cm³/mol. The molecule has 0 aromatic heterocycles. The van der Waals surface area contributed by atoms with E-state index in [2.05, 4.69) is 9.47 Å². The van der Waals surface area contributed by atoms with Crippen molar-refractivity contribution in [2.75, 3.05) is 6.61 Å². The highest BCUT2D eigenvalue weighted by Gasteiger charge is 2.91. The molecule has 0 fully saturated rings. The van der Waals surface area contributed by atoms with Gasteiger partial charge in [-0.1, -0.05) is 6.92 Å². The highest BCUT2D eigenvalue weighted by Crippen LogP contribution is 2.60. The zero-order chi connectivity index (χ0) is 27.1. The van der Waals surface area contributed by atoms with Gasteiger partial charge in [0.1, 0.15) is 0 Å². The molecular weight excluding hydrogens is 513 g/mol. The van der Waals surface area contributed by atoms with Crippen LogP contribution in [0.25, 0.3) is 0 Å². The van der Waals surface area contributed by atoms with Crippen molar-refractivity contribution in [1.29, 1.82) is 0 Å². The molecule has 0 radical (unpaired) electrons. The van der Waals surface area contributed by atoms with Crippen LogP contribution in [0.3, 0.4) is 0 Å². The first-order valence-corrected chi connectivity index (χ1v) is 8.35. The van der Waals surface area contributed by atoms with Crippen LogP contribution in [0.1, 0.15) is 33.6 Å². The molecule has 0 rings (SSSR count). The summed E-state index contributed by atoms with van der Waals surface area (Å²) >= 11 is 0. The number of hydrogen-bond acceptors (Lipinski definition) is 3. The van der Waals surface area contributed by atoms with E-state index in [1.807, 2.05) is 0 Å². The van der Waals surface area contributed by atoms with Gasteiger partial charge >= 0.3 is 48.1 Å². The predicted octanol–water partition coefficient (Wildman–Crippen LogP) is 6.66. The molecule has 0 bridgehead atoms. The molecule has 18 heteroatoms. The highest BCUT2D eigenvalue weighted by molar-refractivity contribution is 5.75. The fourth-order valence-corrected chi connectivity index (χ4v) is 1.66. The van der Waals surface area contributed by atoms with Gasteiger partial charge in [0, 0.05) is 0 Å². The molecule has 0 heterocycles. The van der Waals surface area contributed by atoms with Gasteiger partial charge in [-0.25, -0.2) is 0 Å². The average Bonchev–Trinajstić information content (AvgIpc) is 2.58. The zero-order valence-electron chi connectivity index (χ0n) is 16.5. The van der Waals surface area contributed by atoms with Gasteiger partial charge in [-0.3, -0.25) is 9.53 Å². The summed E-state index contributed by atoms with van der Waals surface area (Å²) in [6.45, 7) is 2.34. The minimum Gasteiger partial charge on any atom is -0.465 e. The van der Waals surface area contributed by atoms with Gasteiger partial charge in [-0.2, -0.15) is 65.9 Å². The Morgan fingerprint density at radius 3 is 1.42 bits per heavy atom. The van der Waals surface area contributed by atoms with E-state index in [0.29, 0.717) is 0 Å². The number of carbonyl (C=O) groups is 1. The number of rotatable bonds is 11. The largest absolute Gasteiger partial charge is 0.465 e. The number of carbonyl (C=O) groups excluding carboxylic acids is 1. The zero-order valence-corrected chi connectivity index (χ0v) is 16.5. The van der Waals surface area contributed by atoms with E-state index in [1.54, 1.807) is 0 Å². The number of halogens is 15. The Bertz CT molecular complexity index is 697. The van der Waals surface area contributed by atoms with Crippen molar-refractivity contribution < 1.29 is 80.1 Å². The lowest BCUT2D eigenvalue weighted by molar-refractivity contribution is -0.492. The minimum absolute atomic E-state index is 0.0644. The molecule has 0 spiro atoms. The van der Waals surface area contributed by atoms with Crippen LogP contribution >= 0.6 is 0 Å². The maximum atomic E-state index is 13.4. The summed E-state index contributed by atoms with van der Waals surface area (Å²) in [5, 5.41) is 0. The first kappa shape index (κ1) is 31.4. The Kier molecular flexibility index (Phi) is 8.43. The van der Waals surface area contributed by atoms with Crippen LogP contribution in [0.15, 0.2) is 0 Å². The smallest absolute Gasteiger partial charge is 0.460 e. The fraction of sp³-hybridized carbons (Fsp3) is 0.933. The standard InChI is InChI=1S/C15H15F15O3/c1-4-8(2,3)7(31)32-6-5-9(16,17)33-15(29,30)13(24,25)11(20,21)10(18,19)12(22,23)14(26,27)28/h4-6H2,1-3H3. The van der Waals surface area contributed by atoms with Crippen molar-refractivity contribution in [1.82, 2.24) is 0 Å². The third kappa shape index (κ3) is 5.72. The maximum absolute atomic E-state index is 13.4. The van der Waals surface area contributed by atoms with Gasteiger partial charge < -0.3 is 4.74 Å². The Balaban J connectivity index is 5.79. The molecule has 0 aromatic rings. The molecule has 0 aliphatic rings. The Hall–Kier alpha value is -1.62. The van der Waals surface area contributed by atoms with E-state index in [0.717, 1.165) is 0 Å². The summed E-state index contributed by atoms with van der Waals surface area (Å²) in [5.74, 6) is -33.7. The van der Waals surface area contributed by atoms with Crippen molar-refractivity contribution in [2.45, 2.75) is 75.7 Å². The average molecular weight is 528 g/mol. The molecule has 0 aromatic carbocycles. The molecule has 0 atom stereocenters. The van der Waals surface area contributed by atoms with Gasteiger partial charge in [-0.05, 0) is 20.3 Å². The third-order valence-electron chi connectivity index (χ3n) is 4.24. The van der Waals surface area contributed by atoms with E-state index in [1.165, 1.54) is 20.8 Å². The SMILES string of the molecule is CCC(C)(C)C(=O)OCCC(F)(F)OC(F)(F)C(F)(F)C(F)(F)C(F)(F)C(F)(F)C(F)(F)F. The fourth-order valence-electron chi connectivity index (χ4n) is 1.66. The Morgan fingerprint density at radius 1 is 0.667 bits per heavy atom. The molecule has 198 valence electrons. The molecule has 0 amide bonds. The molecule has 0 saturated heterocycles. The number of ether oxygens (including phenoxy) is 2. The van der Waals surface area contributed by atoms with E-state index < -0.39 is 66.5 Å². The molecule has 0 saturated carbocycles. The topological polar surface area (TPSA) is 35.5 Å². The van der Waals surface area contributed by atoms with E-state index in [-0.39, 0.29) is 6.42 Å². The molecule has 0 aliphatic heterocycles. The molecule has 0 N–H and O–H groups in total. The molecule has 33 heavy (non-hydrogen) atoms. The van der Waals surface area contributed by atoms with Gasteiger partial charge in [-0.15, -0.1) is 0 Å².